The molecule has 0 unspecified atom stereocenters. The highest BCUT2D eigenvalue weighted by molar-refractivity contribution is 7.93. The monoisotopic (exact) mass is 432 g/mol. The van der Waals surface area contributed by atoms with E-state index < -0.39 is 20.0 Å². The molecule has 2 N–H and O–H groups in total. The van der Waals surface area contributed by atoms with Gasteiger partial charge in [-0.15, -0.1) is 0 Å². The molecule has 3 aromatic rings. The topological polar surface area (TPSA) is 118 Å². The van der Waals surface area contributed by atoms with E-state index in [2.05, 4.69) is 19.4 Å². The van der Waals surface area contributed by atoms with Gasteiger partial charge in [-0.1, -0.05) is 17.7 Å². The molecule has 1 aromatic heterocycles. The molecule has 0 saturated carbocycles. The quantitative estimate of drug-likeness (QED) is 0.618. The standard InChI is InChI=1S/C19H20N4O4S2/c1-13-4-9-18(14(2)12-13)29(26,27)22-16-5-7-17(8-6-16)28(24,25)23-19-10-11-20-15(3)21-19/h4-12,22H,1-3H3,(H,20,21,23). The van der Waals surface area contributed by atoms with Crippen LogP contribution in [0.15, 0.2) is 64.5 Å². The molecule has 0 bridgehead atoms. The normalized spacial score (nSPS) is 11.8. The Labute approximate surface area is 170 Å². The zero-order valence-corrected chi connectivity index (χ0v) is 17.7. The Morgan fingerprint density at radius 1 is 0.793 bits per heavy atom. The summed E-state index contributed by atoms with van der Waals surface area (Å²) in [4.78, 5) is 8.06. The van der Waals surface area contributed by atoms with Crippen molar-refractivity contribution in [1.82, 2.24) is 9.97 Å². The SMILES string of the molecule is Cc1ccc(S(=O)(=O)Nc2ccc(S(=O)(=O)Nc3ccnc(C)n3)cc2)c(C)c1. The lowest BCUT2D eigenvalue weighted by Gasteiger charge is -2.12. The third-order valence-electron chi connectivity index (χ3n) is 4.05. The molecule has 0 aliphatic heterocycles. The van der Waals surface area contributed by atoms with Crippen LogP contribution >= 0.6 is 0 Å². The molecule has 1 heterocycles. The van der Waals surface area contributed by atoms with Crippen molar-refractivity contribution in [2.24, 2.45) is 0 Å². The number of hydrogen-bond acceptors (Lipinski definition) is 6. The Kier molecular flexibility index (Phi) is 5.58. The van der Waals surface area contributed by atoms with E-state index in [0.29, 0.717) is 11.4 Å². The van der Waals surface area contributed by atoms with E-state index in [0.717, 1.165) is 5.56 Å². The van der Waals surface area contributed by atoms with Crippen molar-refractivity contribution >= 4 is 31.6 Å². The van der Waals surface area contributed by atoms with Gasteiger partial charge in [0.15, 0.2) is 0 Å². The second-order valence-corrected chi connectivity index (χ2v) is 9.83. The lowest BCUT2D eigenvalue weighted by atomic mass is 10.2. The van der Waals surface area contributed by atoms with Crippen LogP contribution in [-0.4, -0.2) is 26.8 Å². The fourth-order valence-electron chi connectivity index (χ4n) is 2.72. The van der Waals surface area contributed by atoms with Crippen LogP contribution < -0.4 is 9.44 Å². The number of aryl methyl sites for hydroxylation is 3. The fraction of sp³-hybridized carbons (Fsp3) is 0.158. The molecule has 0 saturated heterocycles. The minimum atomic E-state index is -3.87. The Hall–Kier alpha value is -2.98. The molecule has 0 aliphatic carbocycles. The van der Waals surface area contributed by atoms with Crippen molar-refractivity contribution in [3.63, 3.8) is 0 Å². The second-order valence-electron chi connectivity index (χ2n) is 6.49. The first kappa shape index (κ1) is 20.7. The summed E-state index contributed by atoms with van der Waals surface area (Å²) in [6.07, 6.45) is 1.45. The molecule has 0 fully saturated rings. The number of anilines is 2. The van der Waals surface area contributed by atoms with Gasteiger partial charge in [0.25, 0.3) is 20.0 Å². The Bertz CT molecular complexity index is 1260. The van der Waals surface area contributed by atoms with E-state index >= 15 is 0 Å². The van der Waals surface area contributed by atoms with E-state index in [1.54, 1.807) is 32.0 Å². The van der Waals surface area contributed by atoms with Gasteiger partial charge in [-0.2, -0.15) is 0 Å². The van der Waals surface area contributed by atoms with Crippen molar-refractivity contribution in [2.75, 3.05) is 9.44 Å². The van der Waals surface area contributed by atoms with E-state index in [1.165, 1.54) is 36.5 Å². The number of sulfonamides is 2. The molecule has 0 radical (unpaired) electrons. The van der Waals surface area contributed by atoms with Gasteiger partial charge in [-0.05, 0) is 62.7 Å². The summed E-state index contributed by atoms with van der Waals surface area (Å²) in [6, 6.07) is 11.9. The van der Waals surface area contributed by atoms with E-state index in [9.17, 15) is 16.8 Å². The summed E-state index contributed by atoms with van der Waals surface area (Å²) < 4.78 is 55.1. The Morgan fingerprint density at radius 2 is 1.48 bits per heavy atom. The molecule has 152 valence electrons. The van der Waals surface area contributed by atoms with Gasteiger partial charge < -0.3 is 0 Å². The van der Waals surface area contributed by atoms with E-state index in [4.69, 9.17) is 0 Å². The lowest BCUT2D eigenvalue weighted by molar-refractivity contribution is 0.599. The number of nitrogens with one attached hydrogen (secondary N) is 2. The van der Waals surface area contributed by atoms with Crippen LogP contribution in [0.1, 0.15) is 17.0 Å². The maximum absolute atomic E-state index is 12.6. The summed E-state index contributed by atoms with van der Waals surface area (Å²) in [6.45, 7) is 5.25. The molecule has 3 rings (SSSR count). The predicted octanol–water partition coefficient (Wildman–Crippen LogP) is 3.00. The molecule has 0 atom stereocenters. The summed E-state index contributed by atoms with van der Waals surface area (Å²) >= 11 is 0. The van der Waals surface area contributed by atoms with Gasteiger partial charge >= 0.3 is 0 Å². The van der Waals surface area contributed by atoms with Crippen molar-refractivity contribution in [3.8, 4) is 0 Å². The first-order valence-electron chi connectivity index (χ1n) is 8.59. The highest BCUT2D eigenvalue weighted by atomic mass is 32.2. The lowest BCUT2D eigenvalue weighted by Crippen LogP contribution is -2.16. The highest BCUT2D eigenvalue weighted by Gasteiger charge is 2.19. The predicted molar refractivity (Wildman–Crippen MR) is 111 cm³/mol. The van der Waals surface area contributed by atoms with Crippen molar-refractivity contribution in [1.29, 1.82) is 0 Å². The van der Waals surface area contributed by atoms with Crippen LogP contribution in [0.25, 0.3) is 0 Å². The van der Waals surface area contributed by atoms with Crippen molar-refractivity contribution in [2.45, 2.75) is 30.6 Å². The molecular weight excluding hydrogens is 412 g/mol. The minimum Gasteiger partial charge on any atom is -0.280 e. The summed E-state index contributed by atoms with van der Waals surface area (Å²) in [5.74, 6) is 0.582. The average molecular weight is 433 g/mol. The maximum Gasteiger partial charge on any atom is 0.263 e. The molecule has 2 aromatic carbocycles. The van der Waals surface area contributed by atoms with Crippen LogP contribution in [0.3, 0.4) is 0 Å². The third-order valence-corrected chi connectivity index (χ3v) is 6.96. The van der Waals surface area contributed by atoms with Gasteiger partial charge in [0.1, 0.15) is 11.6 Å². The molecule has 0 amide bonds. The number of aromatic nitrogens is 2. The summed E-state index contributed by atoms with van der Waals surface area (Å²) in [7, 11) is -7.67. The molecule has 8 nitrogen and oxygen atoms in total. The van der Waals surface area contributed by atoms with Crippen LogP contribution in [0.4, 0.5) is 11.5 Å². The molecule has 29 heavy (non-hydrogen) atoms. The van der Waals surface area contributed by atoms with Crippen molar-refractivity contribution in [3.05, 3.63) is 71.7 Å². The van der Waals surface area contributed by atoms with E-state index in [-0.39, 0.29) is 21.3 Å². The highest BCUT2D eigenvalue weighted by Crippen LogP contribution is 2.22. The van der Waals surface area contributed by atoms with Gasteiger partial charge in [0.2, 0.25) is 0 Å². The zero-order valence-electron chi connectivity index (χ0n) is 16.0. The molecular formula is C19H20N4O4S2. The fourth-order valence-corrected chi connectivity index (χ4v) is 5.01. The first-order valence-corrected chi connectivity index (χ1v) is 11.6. The van der Waals surface area contributed by atoms with Gasteiger partial charge in [-0.3, -0.25) is 9.44 Å². The van der Waals surface area contributed by atoms with Crippen LogP contribution in [-0.2, 0) is 20.0 Å². The largest absolute Gasteiger partial charge is 0.280 e. The zero-order chi connectivity index (χ0) is 21.2. The Morgan fingerprint density at radius 3 is 2.10 bits per heavy atom. The maximum atomic E-state index is 12.6. The summed E-state index contributed by atoms with van der Waals surface area (Å²) in [5, 5.41) is 0. The number of rotatable bonds is 6. The third kappa shape index (κ3) is 4.90. The minimum absolute atomic E-state index is 0.0248. The van der Waals surface area contributed by atoms with E-state index in [1.807, 2.05) is 6.92 Å². The van der Waals surface area contributed by atoms with Crippen LogP contribution in [0, 0.1) is 20.8 Å². The second kappa shape index (κ2) is 7.80. The smallest absolute Gasteiger partial charge is 0.263 e. The van der Waals surface area contributed by atoms with Gasteiger partial charge in [0, 0.05) is 11.9 Å². The van der Waals surface area contributed by atoms with Gasteiger partial charge in [0.05, 0.1) is 9.79 Å². The number of nitrogens with zero attached hydrogens (tertiary/aromatic N) is 2. The molecule has 10 heteroatoms. The van der Waals surface area contributed by atoms with Crippen molar-refractivity contribution < 1.29 is 16.8 Å². The molecule has 0 aliphatic rings. The first-order chi connectivity index (χ1) is 13.6. The average Bonchev–Trinajstić information content (AvgIpc) is 2.61. The van der Waals surface area contributed by atoms with Crippen LogP contribution in [0.2, 0.25) is 0 Å². The Balaban J connectivity index is 1.81. The molecule has 0 spiro atoms. The summed E-state index contributed by atoms with van der Waals surface area (Å²) in [5.41, 5.74) is 1.84. The number of benzene rings is 2. The van der Waals surface area contributed by atoms with Gasteiger partial charge in [-0.25, -0.2) is 26.8 Å². The van der Waals surface area contributed by atoms with Crippen LogP contribution in [0.5, 0.6) is 0 Å². The number of hydrogen-bond donors (Lipinski definition) is 2.